The fourth-order valence-electron chi connectivity index (χ4n) is 2.29. The van der Waals surface area contributed by atoms with Gasteiger partial charge in [-0.25, -0.2) is 9.18 Å². The zero-order valence-electron chi connectivity index (χ0n) is 14.2. The molecule has 2 aromatic rings. The first-order valence-corrected chi connectivity index (χ1v) is 9.18. The van der Waals surface area contributed by atoms with Crippen LogP contribution in [-0.2, 0) is 4.79 Å². The summed E-state index contributed by atoms with van der Waals surface area (Å²) >= 11 is 6.12. The van der Waals surface area contributed by atoms with E-state index in [1.165, 1.54) is 24.3 Å². The summed E-state index contributed by atoms with van der Waals surface area (Å²) in [6, 6.07) is 10.0. The number of hydrogen-bond acceptors (Lipinski definition) is 6. The average Bonchev–Trinajstić information content (AvgIpc) is 2.95. The lowest BCUT2D eigenvalue weighted by Crippen LogP contribution is -2.17. The van der Waals surface area contributed by atoms with E-state index in [2.05, 4.69) is 5.32 Å². The van der Waals surface area contributed by atoms with Crippen molar-refractivity contribution in [2.75, 3.05) is 6.61 Å². The third-order valence-electron chi connectivity index (χ3n) is 3.49. The third kappa shape index (κ3) is 4.72. The molecule has 0 aliphatic carbocycles. The molecule has 8 heteroatoms. The Hall–Kier alpha value is -2.71. The zero-order chi connectivity index (χ0) is 19.4. The lowest BCUT2D eigenvalue weighted by molar-refractivity contribution is -0.115. The molecule has 0 atom stereocenters. The second kappa shape index (κ2) is 8.32. The fraction of sp³-hybridized carbons (Fsp3) is 0.105. The molecule has 1 heterocycles. The highest BCUT2D eigenvalue weighted by molar-refractivity contribution is 8.26. The van der Waals surface area contributed by atoms with Gasteiger partial charge in [0, 0.05) is 0 Å². The minimum absolute atomic E-state index is 0.200. The van der Waals surface area contributed by atoms with Crippen LogP contribution in [0.3, 0.4) is 0 Å². The first kappa shape index (κ1) is 19.1. The number of ether oxygens (including phenoxy) is 2. The van der Waals surface area contributed by atoms with E-state index in [1.807, 2.05) is 6.92 Å². The molecule has 0 aromatic heterocycles. The van der Waals surface area contributed by atoms with Gasteiger partial charge in [0.05, 0.1) is 17.1 Å². The van der Waals surface area contributed by atoms with E-state index in [4.69, 9.17) is 21.7 Å². The lowest BCUT2D eigenvalue weighted by Gasteiger charge is -2.11. The topological polar surface area (TPSA) is 64.6 Å². The predicted molar refractivity (Wildman–Crippen MR) is 105 cm³/mol. The van der Waals surface area contributed by atoms with Crippen molar-refractivity contribution in [2.24, 2.45) is 0 Å². The van der Waals surface area contributed by atoms with Gasteiger partial charge in [0.2, 0.25) is 0 Å². The largest absolute Gasteiger partial charge is 0.490 e. The number of benzene rings is 2. The van der Waals surface area contributed by atoms with Crippen LogP contribution >= 0.6 is 24.0 Å². The minimum atomic E-state index is -0.644. The molecule has 0 saturated carbocycles. The van der Waals surface area contributed by atoms with Crippen molar-refractivity contribution in [3.63, 3.8) is 0 Å². The maximum Gasteiger partial charge on any atom is 0.343 e. The Kier molecular flexibility index (Phi) is 5.88. The molecule has 2 aromatic carbocycles. The number of nitrogens with one attached hydrogen (secondary N) is 1. The van der Waals surface area contributed by atoms with Crippen molar-refractivity contribution in [1.29, 1.82) is 0 Å². The van der Waals surface area contributed by atoms with Crippen LogP contribution in [0.25, 0.3) is 6.08 Å². The molecule has 1 amide bonds. The Morgan fingerprint density at radius 3 is 2.59 bits per heavy atom. The summed E-state index contributed by atoms with van der Waals surface area (Å²) < 4.78 is 24.3. The first-order valence-electron chi connectivity index (χ1n) is 7.95. The summed E-state index contributed by atoms with van der Waals surface area (Å²) in [6.45, 7) is 2.19. The first-order chi connectivity index (χ1) is 13.0. The van der Waals surface area contributed by atoms with Crippen LogP contribution in [0.2, 0.25) is 0 Å². The van der Waals surface area contributed by atoms with E-state index in [1.54, 1.807) is 24.3 Å². The monoisotopic (exact) mass is 403 g/mol. The molecule has 0 spiro atoms. The number of thiocarbonyl (C=S) groups is 1. The molecular formula is C19H14FNO4S2. The van der Waals surface area contributed by atoms with Gasteiger partial charge in [-0.1, -0.05) is 30.0 Å². The highest BCUT2D eigenvalue weighted by atomic mass is 32.2. The molecular weight excluding hydrogens is 389 g/mol. The number of amides is 1. The fourth-order valence-corrected chi connectivity index (χ4v) is 3.33. The third-order valence-corrected chi connectivity index (χ3v) is 4.65. The predicted octanol–water partition coefficient (Wildman–Crippen LogP) is 3.93. The number of thioether (sulfide) groups is 1. The number of halogens is 1. The maximum atomic E-state index is 13.0. The number of esters is 1. The molecule has 1 aliphatic rings. The average molecular weight is 403 g/mol. The number of carbonyl (C=O) groups is 2. The van der Waals surface area contributed by atoms with E-state index in [0.717, 1.165) is 11.8 Å². The highest BCUT2D eigenvalue weighted by Crippen LogP contribution is 2.32. The van der Waals surface area contributed by atoms with Gasteiger partial charge >= 0.3 is 5.97 Å². The summed E-state index contributed by atoms with van der Waals surface area (Å²) in [6.07, 6.45) is 1.64. The van der Waals surface area contributed by atoms with Crippen molar-refractivity contribution in [3.8, 4) is 11.5 Å². The van der Waals surface area contributed by atoms with Crippen LogP contribution in [0.5, 0.6) is 11.5 Å². The van der Waals surface area contributed by atoms with Crippen LogP contribution in [0, 0.1) is 5.82 Å². The van der Waals surface area contributed by atoms with Gasteiger partial charge in [0.1, 0.15) is 10.1 Å². The maximum absolute atomic E-state index is 13.0. The Morgan fingerprint density at radius 1 is 1.22 bits per heavy atom. The molecule has 1 fully saturated rings. The summed E-state index contributed by atoms with van der Waals surface area (Å²) in [5.74, 6) is -0.778. The standard InChI is InChI=1S/C19H14FNO4S2/c1-2-24-14-8-3-11(10-16-17(22)21-19(26)27-16)9-15(14)25-18(23)12-4-6-13(20)7-5-12/h3-10H,2H2,1H3,(H,21,22,26). The molecule has 0 bridgehead atoms. The Morgan fingerprint density at radius 2 is 1.96 bits per heavy atom. The Labute approximate surface area is 164 Å². The molecule has 0 unspecified atom stereocenters. The van der Waals surface area contributed by atoms with Crippen molar-refractivity contribution in [2.45, 2.75) is 6.92 Å². The van der Waals surface area contributed by atoms with Crippen LogP contribution in [0.15, 0.2) is 47.4 Å². The molecule has 0 radical (unpaired) electrons. The number of carbonyl (C=O) groups excluding carboxylic acids is 2. The lowest BCUT2D eigenvalue weighted by atomic mass is 10.1. The Balaban J connectivity index is 1.89. The van der Waals surface area contributed by atoms with Gasteiger partial charge in [0.25, 0.3) is 5.91 Å². The van der Waals surface area contributed by atoms with Crippen LogP contribution in [0.1, 0.15) is 22.8 Å². The SMILES string of the molecule is CCOc1ccc(C=C2SC(=S)NC2=O)cc1OC(=O)c1ccc(F)cc1. The second-order valence-electron chi connectivity index (χ2n) is 5.39. The second-order valence-corrected chi connectivity index (χ2v) is 7.11. The van der Waals surface area contributed by atoms with Crippen molar-refractivity contribution in [3.05, 3.63) is 64.3 Å². The molecule has 1 aliphatic heterocycles. The van der Waals surface area contributed by atoms with Crippen molar-refractivity contribution < 1.29 is 23.5 Å². The molecule has 27 heavy (non-hydrogen) atoms. The van der Waals surface area contributed by atoms with Gasteiger partial charge < -0.3 is 14.8 Å². The van der Waals surface area contributed by atoms with Gasteiger partial charge in [-0.05, 0) is 55.0 Å². The Bertz CT molecular complexity index is 941. The molecule has 1 N–H and O–H groups in total. The summed E-state index contributed by atoms with van der Waals surface area (Å²) in [5, 5.41) is 2.54. The smallest absolute Gasteiger partial charge is 0.343 e. The molecule has 5 nitrogen and oxygen atoms in total. The highest BCUT2D eigenvalue weighted by Gasteiger charge is 2.22. The van der Waals surface area contributed by atoms with Gasteiger partial charge in [0.15, 0.2) is 11.5 Å². The molecule has 138 valence electrons. The minimum Gasteiger partial charge on any atom is -0.490 e. The van der Waals surface area contributed by atoms with E-state index < -0.39 is 11.8 Å². The van der Waals surface area contributed by atoms with Gasteiger partial charge in [-0.15, -0.1) is 0 Å². The summed E-state index contributed by atoms with van der Waals surface area (Å²) in [4.78, 5) is 24.6. The number of rotatable bonds is 5. The number of hydrogen-bond donors (Lipinski definition) is 1. The molecule has 3 rings (SSSR count). The zero-order valence-corrected chi connectivity index (χ0v) is 15.8. The normalized spacial score (nSPS) is 15.0. The van der Waals surface area contributed by atoms with E-state index in [0.29, 0.717) is 27.1 Å². The quantitative estimate of drug-likeness (QED) is 0.353. The summed E-state index contributed by atoms with van der Waals surface area (Å²) in [7, 11) is 0. The van der Waals surface area contributed by atoms with Crippen LogP contribution in [0.4, 0.5) is 4.39 Å². The van der Waals surface area contributed by atoms with Crippen molar-refractivity contribution in [1.82, 2.24) is 5.32 Å². The van der Waals surface area contributed by atoms with Crippen molar-refractivity contribution >= 4 is 46.3 Å². The van der Waals surface area contributed by atoms with Gasteiger partial charge in [-0.2, -0.15) is 0 Å². The van der Waals surface area contributed by atoms with Gasteiger partial charge in [-0.3, -0.25) is 4.79 Å². The van der Waals surface area contributed by atoms with E-state index in [9.17, 15) is 14.0 Å². The van der Waals surface area contributed by atoms with Crippen LogP contribution < -0.4 is 14.8 Å². The summed E-state index contributed by atoms with van der Waals surface area (Å²) in [5.41, 5.74) is 0.849. The van der Waals surface area contributed by atoms with E-state index in [-0.39, 0.29) is 17.2 Å². The molecule has 1 saturated heterocycles. The van der Waals surface area contributed by atoms with E-state index >= 15 is 0 Å². The van der Waals surface area contributed by atoms with Crippen LogP contribution in [-0.4, -0.2) is 22.8 Å².